The van der Waals surface area contributed by atoms with Crippen molar-refractivity contribution in [3.63, 3.8) is 0 Å². The van der Waals surface area contributed by atoms with Gasteiger partial charge in [0, 0.05) is 5.56 Å². The predicted molar refractivity (Wildman–Crippen MR) is 98.3 cm³/mol. The molecular weight excluding hydrogens is 318 g/mol. The van der Waals surface area contributed by atoms with Crippen LogP contribution in [0.3, 0.4) is 0 Å². The maximum Gasteiger partial charge on any atom is 0.260 e. The molecule has 0 aliphatic carbocycles. The van der Waals surface area contributed by atoms with Gasteiger partial charge in [-0.15, -0.1) is 0 Å². The van der Waals surface area contributed by atoms with E-state index >= 15 is 0 Å². The van der Waals surface area contributed by atoms with Crippen molar-refractivity contribution in [2.45, 2.75) is 64.9 Å². The molecule has 0 aromatic heterocycles. The van der Waals surface area contributed by atoms with Crippen molar-refractivity contribution in [3.8, 4) is 0 Å². The normalized spacial score (nSPS) is 21.1. The number of carbonyl (C=O) groups is 2. The zero-order valence-corrected chi connectivity index (χ0v) is 16.4. The Morgan fingerprint density at radius 2 is 1.67 bits per heavy atom. The molecule has 1 fully saturated rings. The van der Waals surface area contributed by atoms with Gasteiger partial charge in [0.25, 0.3) is 11.8 Å². The van der Waals surface area contributed by atoms with E-state index < -0.39 is 14.4 Å². The first kappa shape index (κ1) is 18.9. The predicted octanol–water partition coefficient (Wildman–Crippen LogP) is 4.08. The first-order chi connectivity index (χ1) is 11.4. The van der Waals surface area contributed by atoms with Crippen molar-refractivity contribution in [2.24, 2.45) is 5.92 Å². The topological polar surface area (TPSA) is 46.6 Å². The van der Waals surface area contributed by atoms with Crippen LogP contribution in [0.1, 0.15) is 45.0 Å². The number of amides is 2. The molecule has 0 bridgehead atoms. The molecule has 132 valence electrons. The number of β-lactam (4-membered cyclic amide) rings is 1. The fraction of sp³-hybridized carbons (Fsp3) is 0.579. The molecule has 1 heterocycles. The number of benzene rings is 1. The lowest BCUT2D eigenvalue weighted by Crippen LogP contribution is -2.71. The molecule has 0 saturated carbocycles. The molecule has 1 aliphatic rings. The third-order valence-corrected chi connectivity index (χ3v) is 9.94. The maximum absolute atomic E-state index is 12.7. The fourth-order valence-corrected chi connectivity index (χ4v) is 6.25. The van der Waals surface area contributed by atoms with E-state index in [1.807, 2.05) is 32.0 Å². The van der Waals surface area contributed by atoms with Crippen LogP contribution in [0.4, 0.5) is 0 Å². The molecule has 2 rings (SSSR count). The average molecular weight is 348 g/mol. The average Bonchev–Trinajstić information content (AvgIpc) is 2.61. The molecular formula is C19H29NO3Si. The molecule has 1 aliphatic heterocycles. The Bertz CT molecular complexity index is 575. The molecule has 1 aromatic rings. The lowest BCUT2D eigenvalue weighted by atomic mass is 9.87. The van der Waals surface area contributed by atoms with Gasteiger partial charge in [-0.05, 0) is 36.2 Å². The highest BCUT2D eigenvalue weighted by Gasteiger charge is 2.55. The molecule has 1 aromatic carbocycles. The SMILES string of the molecule is CC[Si](CC)(CC)O[C@H]1C(=O)N(C(=O)c2ccccc2)[C@H]1C(C)C. The second-order valence-corrected chi connectivity index (χ2v) is 11.6. The summed E-state index contributed by atoms with van der Waals surface area (Å²) < 4.78 is 6.42. The first-order valence-corrected chi connectivity index (χ1v) is 11.5. The van der Waals surface area contributed by atoms with Crippen molar-refractivity contribution in [3.05, 3.63) is 35.9 Å². The zero-order chi connectivity index (χ0) is 17.9. The van der Waals surface area contributed by atoms with Gasteiger partial charge in [0.15, 0.2) is 8.32 Å². The van der Waals surface area contributed by atoms with Gasteiger partial charge in [-0.2, -0.15) is 0 Å². The Kier molecular flexibility index (Phi) is 5.99. The summed E-state index contributed by atoms with van der Waals surface area (Å²) in [7, 11) is -1.88. The summed E-state index contributed by atoms with van der Waals surface area (Å²) in [5, 5.41) is 0. The highest BCUT2D eigenvalue weighted by atomic mass is 28.4. The standard InChI is InChI=1S/C19H29NO3Si/c1-6-24(7-2,8-3)23-17-16(14(4)5)20(19(17)22)18(21)15-12-10-9-11-13-15/h9-14,16-17H,6-8H2,1-5H3/t16-,17+/m0/s1. The summed E-state index contributed by atoms with van der Waals surface area (Å²) in [6.07, 6.45) is -0.454. The Morgan fingerprint density at radius 1 is 1.12 bits per heavy atom. The minimum absolute atomic E-state index is 0.165. The Morgan fingerprint density at radius 3 is 2.12 bits per heavy atom. The van der Waals surface area contributed by atoms with E-state index in [1.165, 1.54) is 4.90 Å². The molecule has 4 nitrogen and oxygen atoms in total. The molecule has 0 N–H and O–H groups in total. The van der Waals surface area contributed by atoms with E-state index in [0.29, 0.717) is 5.56 Å². The van der Waals surface area contributed by atoms with Gasteiger partial charge >= 0.3 is 0 Å². The third kappa shape index (κ3) is 3.33. The van der Waals surface area contributed by atoms with Gasteiger partial charge in [-0.25, -0.2) is 0 Å². The van der Waals surface area contributed by atoms with Gasteiger partial charge in [-0.3, -0.25) is 14.5 Å². The van der Waals surface area contributed by atoms with Gasteiger partial charge in [-0.1, -0.05) is 52.8 Å². The second-order valence-electron chi connectivity index (χ2n) is 6.90. The van der Waals surface area contributed by atoms with Crippen LogP contribution in [-0.4, -0.2) is 37.2 Å². The van der Waals surface area contributed by atoms with Gasteiger partial charge in [0.1, 0.15) is 6.10 Å². The smallest absolute Gasteiger partial charge is 0.260 e. The van der Waals surface area contributed by atoms with Crippen LogP contribution in [-0.2, 0) is 9.22 Å². The van der Waals surface area contributed by atoms with E-state index in [0.717, 1.165) is 18.1 Å². The van der Waals surface area contributed by atoms with Crippen molar-refractivity contribution in [1.82, 2.24) is 4.90 Å². The lowest BCUT2D eigenvalue weighted by Gasteiger charge is -2.50. The third-order valence-electron chi connectivity index (χ3n) is 5.32. The summed E-state index contributed by atoms with van der Waals surface area (Å²) in [5.74, 6) is -0.205. The Hall–Kier alpha value is -1.46. The van der Waals surface area contributed by atoms with Crippen LogP contribution in [0, 0.1) is 5.92 Å². The van der Waals surface area contributed by atoms with E-state index in [1.54, 1.807) is 12.1 Å². The molecule has 2 atom stereocenters. The molecule has 2 amide bonds. The fourth-order valence-electron chi connectivity index (χ4n) is 3.48. The molecule has 1 saturated heterocycles. The van der Waals surface area contributed by atoms with Crippen LogP contribution >= 0.6 is 0 Å². The molecule has 5 heteroatoms. The molecule has 0 spiro atoms. The van der Waals surface area contributed by atoms with Crippen molar-refractivity contribution in [2.75, 3.05) is 0 Å². The van der Waals surface area contributed by atoms with Crippen LogP contribution in [0.5, 0.6) is 0 Å². The number of likely N-dealkylation sites (tertiary alicyclic amines) is 1. The van der Waals surface area contributed by atoms with Gasteiger partial charge < -0.3 is 4.43 Å². The van der Waals surface area contributed by atoms with Crippen molar-refractivity contribution >= 4 is 20.1 Å². The first-order valence-electron chi connectivity index (χ1n) is 9.01. The van der Waals surface area contributed by atoms with Crippen LogP contribution in [0.2, 0.25) is 18.1 Å². The molecule has 0 unspecified atom stereocenters. The van der Waals surface area contributed by atoms with Crippen LogP contribution < -0.4 is 0 Å². The zero-order valence-electron chi connectivity index (χ0n) is 15.4. The molecule has 24 heavy (non-hydrogen) atoms. The second kappa shape index (κ2) is 7.62. The summed E-state index contributed by atoms with van der Waals surface area (Å²) >= 11 is 0. The highest BCUT2D eigenvalue weighted by Crippen LogP contribution is 2.35. The maximum atomic E-state index is 12.7. The summed E-state index contributed by atoms with van der Waals surface area (Å²) in [4.78, 5) is 26.9. The number of nitrogens with zero attached hydrogens (tertiary/aromatic N) is 1. The van der Waals surface area contributed by atoms with E-state index in [-0.39, 0.29) is 23.8 Å². The summed E-state index contributed by atoms with van der Waals surface area (Å²) in [5.41, 5.74) is 0.555. The van der Waals surface area contributed by atoms with Gasteiger partial charge in [0.05, 0.1) is 6.04 Å². The van der Waals surface area contributed by atoms with Crippen LogP contribution in [0.15, 0.2) is 30.3 Å². The number of imide groups is 1. The monoisotopic (exact) mass is 347 g/mol. The quantitative estimate of drug-likeness (QED) is 0.424. The van der Waals surface area contributed by atoms with E-state index in [9.17, 15) is 9.59 Å². The Labute approximate surface area is 146 Å². The number of hydrogen-bond donors (Lipinski definition) is 0. The van der Waals surface area contributed by atoms with E-state index in [2.05, 4.69) is 20.8 Å². The van der Waals surface area contributed by atoms with Crippen molar-refractivity contribution < 1.29 is 14.0 Å². The van der Waals surface area contributed by atoms with E-state index in [4.69, 9.17) is 4.43 Å². The Balaban J connectivity index is 2.22. The summed E-state index contributed by atoms with van der Waals surface area (Å²) in [6.45, 7) is 10.6. The van der Waals surface area contributed by atoms with Crippen LogP contribution in [0.25, 0.3) is 0 Å². The highest BCUT2D eigenvalue weighted by molar-refractivity contribution is 6.73. The van der Waals surface area contributed by atoms with Crippen molar-refractivity contribution in [1.29, 1.82) is 0 Å². The van der Waals surface area contributed by atoms with Gasteiger partial charge in [0.2, 0.25) is 0 Å². The number of carbonyl (C=O) groups excluding carboxylic acids is 2. The number of rotatable bonds is 7. The molecule has 0 radical (unpaired) electrons. The minimum Gasteiger partial charge on any atom is -0.403 e. The largest absolute Gasteiger partial charge is 0.403 e. The minimum atomic E-state index is -1.88. The lowest BCUT2D eigenvalue weighted by molar-refractivity contribution is -0.161. The summed E-state index contributed by atoms with van der Waals surface area (Å²) in [6, 6.07) is 11.8. The number of hydrogen-bond acceptors (Lipinski definition) is 3.